The Morgan fingerprint density at radius 3 is 2.11 bits per heavy atom. The summed E-state index contributed by atoms with van der Waals surface area (Å²) in [6, 6.07) is 1.80. The fourth-order valence-electron chi connectivity index (χ4n) is 0.386. The van der Waals surface area contributed by atoms with E-state index in [0.717, 1.165) is 0 Å². The van der Waals surface area contributed by atoms with Crippen molar-refractivity contribution < 1.29 is 4.39 Å². The highest BCUT2D eigenvalue weighted by molar-refractivity contribution is 4.82. The average Bonchev–Trinajstić information content (AvgIpc) is 1.64. The number of hydrogen-bond donors (Lipinski definition) is 0. The predicted molar refractivity (Wildman–Crippen MR) is 34.6 cm³/mol. The number of hydrogen-bond acceptors (Lipinski definition) is 1. The second kappa shape index (κ2) is 2.82. The highest BCUT2D eigenvalue weighted by Gasteiger charge is 2.23. The highest BCUT2D eigenvalue weighted by Crippen LogP contribution is 2.23. The molecule has 0 rings (SSSR count). The fourth-order valence-corrected chi connectivity index (χ4v) is 0.386. The Hall–Kier alpha value is -0.580. The number of nitrogens with zero attached hydrogens (tertiary/aromatic N) is 1. The second-order valence-corrected chi connectivity index (χ2v) is 3.20. The van der Waals surface area contributed by atoms with Crippen LogP contribution in [0.3, 0.4) is 0 Å². The van der Waals surface area contributed by atoms with Gasteiger partial charge in [-0.15, -0.1) is 0 Å². The molecule has 0 N–H and O–H groups in total. The molecule has 0 fully saturated rings. The third-order valence-corrected chi connectivity index (χ3v) is 1.21. The summed E-state index contributed by atoms with van der Waals surface area (Å²) in [5.74, 6) is 0. The van der Waals surface area contributed by atoms with Crippen LogP contribution in [0.15, 0.2) is 0 Å². The van der Waals surface area contributed by atoms with Crippen molar-refractivity contribution in [3.8, 4) is 6.07 Å². The zero-order chi connectivity index (χ0) is 7.49. The van der Waals surface area contributed by atoms with Crippen molar-refractivity contribution in [2.24, 2.45) is 5.41 Å². The zero-order valence-corrected chi connectivity index (χ0v) is 6.11. The van der Waals surface area contributed by atoms with Crippen molar-refractivity contribution in [1.29, 1.82) is 5.26 Å². The minimum absolute atomic E-state index is 0.00347. The van der Waals surface area contributed by atoms with Crippen molar-refractivity contribution in [2.45, 2.75) is 33.4 Å². The molecular formula is C7H12FN. The van der Waals surface area contributed by atoms with Crippen molar-refractivity contribution in [3.05, 3.63) is 0 Å². The van der Waals surface area contributed by atoms with Gasteiger partial charge in [0.05, 0.1) is 12.5 Å². The van der Waals surface area contributed by atoms with Crippen LogP contribution >= 0.6 is 0 Å². The van der Waals surface area contributed by atoms with Crippen LogP contribution in [-0.4, -0.2) is 6.17 Å². The molecule has 0 heterocycles. The van der Waals surface area contributed by atoms with E-state index in [0.29, 0.717) is 0 Å². The van der Waals surface area contributed by atoms with Crippen molar-refractivity contribution in [3.63, 3.8) is 0 Å². The number of rotatable bonds is 1. The molecule has 0 saturated carbocycles. The van der Waals surface area contributed by atoms with Crippen LogP contribution in [-0.2, 0) is 0 Å². The van der Waals surface area contributed by atoms with Crippen molar-refractivity contribution in [1.82, 2.24) is 0 Å². The van der Waals surface area contributed by atoms with Crippen LogP contribution in [0.1, 0.15) is 27.2 Å². The minimum Gasteiger partial charge on any atom is -0.246 e. The topological polar surface area (TPSA) is 23.8 Å². The number of alkyl halides is 1. The summed E-state index contributed by atoms with van der Waals surface area (Å²) < 4.78 is 12.7. The lowest BCUT2D eigenvalue weighted by atomic mass is 9.89. The zero-order valence-electron chi connectivity index (χ0n) is 6.11. The maximum Gasteiger partial charge on any atom is 0.118 e. The Morgan fingerprint density at radius 2 is 2.00 bits per heavy atom. The molecule has 1 unspecified atom stereocenters. The van der Waals surface area contributed by atoms with E-state index >= 15 is 0 Å². The first-order chi connectivity index (χ1) is 3.98. The summed E-state index contributed by atoms with van der Waals surface area (Å²) >= 11 is 0. The van der Waals surface area contributed by atoms with E-state index in [-0.39, 0.29) is 11.8 Å². The minimum atomic E-state index is -0.998. The van der Waals surface area contributed by atoms with Gasteiger partial charge >= 0.3 is 0 Å². The van der Waals surface area contributed by atoms with Gasteiger partial charge in [-0.2, -0.15) is 5.26 Å². The van der Waals surface area contributed by atoms with Crippen molar-refractivity contribution in [2.75, 3.05) is 0 Å². The maximum atomic E-state index is 12.7. The largest absolute Gasteiger partial charge is 0.246 e. The molecule has 1 nitrogen and oxygen atoms in total. The maximum absolute atomic E-state index is 12.7. The monoisotopic (exact) mass is 129 g/mol. The summed E-state index contributed by atoms with van der Waals surface area (Å²) in [4.78, 5) is 0. The summed E-state index contributed by atoms with van der Waals surface area (Å²) in [6.45, 7) is 5.36. The highest BCUT2D eigenvalue weighted by atomic mass is 19.1. The van der Waals surface area contributed by atoms with E-state index < -0.39 is 6.17 Å². The van der Waals surface area contributed by atoms with E-state index in [1.807, 2.05) is 0 Å². The van der Waals surface area contributed by atoms with Gasteiger partial charge in [-0.25, -0.2) is 4.39 Å². The Kier molecular flexibility index (Phi) is 2.64. The van der Waals surface area contributed by atoms with Crippen LogP contribution in [0.2, 0.25) is 0 Å². The third-order valence-electron chi connectivity index (χ3n) is 1.21. The quantitative estimate of drug-likeness (QED) is 0.532. The normalized spacial score (nSPS) is 14.6. The molecule has 0 aromatic carbocycles. The van der Waals surface area contributed by atoms with Gasteiger partial charge in [-0.1, -0.05) is 20.8 Å². The molecule has 1 atom stereocenters. The van der Waals surface area contributed by atoms with Gasteiger partial charge in [-0.05, 0) is 5.41 Å². The lowest BCUT2D eigenvalue weighted by molar-refractivity contribution is 0.167. The molecule has 0 aromatic rings. The van der Waals surface area contributed by atoms with Crippen LogP contribution in [0.5, 0.6) is 0 Å². The fraction of sp³-hybridized carbons (Fsp3) is 0.857. The van der Waals surface area contributed by atoms with Crippen LogP contribution < -0.4 is 0 Å². The second-order valence-electron chi connectivity index (χ2n) is 3.20. The molecule has 0 saturated heterocycles. The van der Waals surface area contributed by atoms with Crippen LogP contribution in [0.25, 0.3) is 0 Å². The molecule has 0 aliphatic rings. The average molecular weight is 129 g/mol. The molecule has 2 heteroatoms. The summed E-state index contributed by atoms with van der Waals surface area (Å²) in [5.41, 5.74) is -0.379. The standard InChI is InChI=1S/C7H12FN/c1-7(2,3)6(8)4-5-9/h6H,4H2,1-3H3. The Bertz CT molecular complexity index is 118. The molecule has 0 amide bonds. The van der Waals surface area contributed by atoms with Gasteiger partial charge in [0, 0.05) is 0 Å². The van der Waals surface area contributed by atoms with Crippen LogP contribution in [0, 0.1) is 16.7 Å². The lowest BCUT2D eigenvalue weighted by Crippen LogP contribution is -2.20. The smallest absolute Gasteiger partial charge is 0.118 e. The van der Waals surface area contributed by atoms with Gasteiger partial charge in [0.1, 0.15) is 6.17 Å². The Balaban J connectivity index is 3.76. The molecule has 0 bridgehead atoms. The Labute approximate surface area is 55.5 Å². The molecule has 0 aliphatic carbocycles. The third kappa shape index (κ3) is 3.07. The predicted octanol–water partition coefficient (Wildman–Crippen LogP) is 2.28. The van der Waals surface area contributed by atoms with Crippen LogP contribution in [0.4, 0.5) is 4.39 Å². The SMILES string of the molecule is CC(C)(C)C(F)CC#N. The Morgan fingerprint density at radius 1 is 1.56 bits per heavy atom. The molecule has 9 heavy (non-hydrogen) atoms. The summed E-state index contributed by atoms with van der Waals surface area (Å²) in [5, 5.41) is 8.11. The molecule has 0 radical (unpaired) electrons. The number of nitriles is 1. The first-order valence-corrected chi connectivity index (χ1v) is 2.99. The van der Waals surface area contributed by atoms with Gasteiger partial charge in [0.2, 0.25) is 0 Å². The first-order valence-electron chi connectivity index (χ1n) is 2.99. The summed E-state index contributed by atoms with van der Waals surface area (Å²) in [7, 11) is 0. The number of halogens is 1. The molecular weight excluding hydrogens is 117 g/mol. The van der Waals surface area contributed by atoms with E-state index in [2.05, 4.69) is 0 Å². The van der Waals surface area contributed by atoms with Gasteiger partial charge < -0.3 is 0 Å². The molecule has 0 spiro atoms. The van der Waals surface area contributed by atoms with Crippen molar-refractivity contribution >= 4 is 0 Å². The first kappa shape index (κ1) is 8.42. The van der Waals surface area contributed by atoms with Gasteiger partial charge in [-0.3, -0.25) is 0 Å². The lowest BCUT2D eigenvalue weighted by Gasteiger charge is -2.20. The molecule has 0 aliphatic heterocycles. The molecule has 52 valence electrons. The van der Waals surface area contributed by atoms with E-state index in [9.17, 15) is 4.39 Å². The van der Waals surface area contributed by atoms with E-state index in [1.165, 1.54) is 0 Å². The van der Waals surface area contributed by atoms with E-state index in [1.54, 1.807) is 26.8 Å². The molecule has 0 aromatic heterocycles. The summed E-state index contributed by atoms with van der Waals surface area (Å²) in [6.07, 6.45) is -0.994. The van der Waals surface area contributed by atoms with E-state index in [4.69, 9.17) is 5.26 Å². The van der Waals surface area contributed by atoms with Gasteiger partial charge in [0.15, 0.2) is 0 Å². The van der Waals surface area contributed by atoms with Gasteiger partial charge in [0.25, 0.3) is 0 Å².